The molecule has 0 nitrogen and oxygen atoms in total. The van der Waals surface area contributed by atoms with Gasteiger partial charge in [0.1, 0.15) is 0 Å². The van der Waals surface area contributed by atoms with Crippen LogP contribution in [0.3, 0.4) is 0 Å². The molecule has 0 heterocycles. The van der Waals surface area contributed by atoms with Gasteiger partial charge in [0.15, 0.2) is 0 Å². The summed E-state index contributed by atoms with van der Waals surface area (Å²) in [6.45, 7) is 12.3. The molecule has 0 fully saturated rings. The van der Waals surface area contributed by atoms with E-state index in [0.717, 1.165) is 6.42 Å². The SMILES string of the molecule is C=CC(=C\C=C/C)/C(/C=C\C)=C(/C)CC. The molecule has 0 rings (SSSR count). The highest BCUT2D eigenvalue weighted by Gasteiger charge is 2.00. The highest BCUT2D eigenvalue weighted by Crippen LogP contribution is 2.19. The summed E-state index contributed by atoms with van der Waals surface area (Å²) in [6, 6.07) is 0. The second-order valence-electron chi connectivity index (χ2n) is 3.40. The molecule has 0 spiro atoms. The van der Waals surface area contributed by atoms with E-state index in [0.29, 0.717) is 0 Å². The predicted octanol–water partition coefficient (Wildman–Crippen LogP) is 4.98. The molecule has 0 amide bonds. The minimum atomic E-state index is 1.07. The largest absolute Gasteiger partial charge is 0.0984 e. The van der Waals surface area contributed by atoms with Gasteiger partial charge >= 0.3 is 0 Å². The van der Waals surface area contributed by atoms with Crippen LogP contribution in [0.25, 0.3) is 0 Å². The molecule has 0 aromatic carbocycles. The van der Waals surface area contributed by atoms with Crippen molar-refractivity contribution in [2.24, 2.45) is 0 Å². The zero-order chi connectivity index (χ0) is 11.7. The van der Waals surface area contributed by atoms with Crippen LogP contribution in [0.4, 0.5) is 0 Å². The Labute approximate surface area is 94.4 Å². The van der Waals surface area contributed by atoms with Crippen LogP contribution in [0.2, 0.25) is 0 Å². The van der Waals surface area contributed by atoms with E-state index < -0.39 is 0 Å². The van der Waals surface area contributed by atoms with Crippen molar-refractivity contribution in [2.45, 2.75) is 34.1 Å². The topological polar surface area (TPSA) is 0 Å². The molecule has 0 aliphatic carbocycles. The number of allylic oxidation sites excluding steroid dienone is 9. The van der Waals surface area contributed by atoms with Crippen LogP contribution >= 0.6 is 0 Å². The molecule has 0 aromatic rings. The summed E-state index contributed by atoms with van der Waals surface area (Å²) in [7, 11) is 0. The van der Waals surface area contributed by atoms with Gasteiger partial charge in [-0.15, -0.1) is 0 Å². The summed E-state index contributed by atoms with van der Waals surface area (Å²) in [4.78, 5) is 0. The fraction of sp³-hybridized carbons (Fsp3) is 0.333. The molecule has 0 radical (unpaired) electrons. The highest BCUT2D eigenvalue weighted by atomic mass is 14.1. The van der Waals surface area contributed by atoms with Gasteiger partial charge in [0.05, 0.1) is 0 Å². The van der Waals surface area contributed by atoms with Crippen molar-refractivity contribution in [3.8, 4) is 0 Å². The fourth-order valence-electron chi connectivity index (χ4n) is 1.31. The van der Waals surface area contributed by atoms with E-state index in [1.165, 1.54) is 16.7 Å². The van der Waals surface area contributed by atoms with Crippen LogP contribution in [0.15, 0.2) is 59.8 Å². The lowest BCUT2D eigenvalue weighted by atomic mass is 9.98. The molecule has 0 saturated heterocycles. The van der Waals surface area contributed by atoms with Crippen LogP contribution in [0.1, 0.15) is 34.1 Å². The van der Waals surface area contributed by atoms with Gasteiger partial charge in [-0.2, -0.15) is 0 Å². The van der Waals surface area contributed by atoms with Crippen LogP contribution in [-0.2, 0) is 0 Å². The monoisotopic (exact) mass is 202 g/mol. The minimum Gasteiger partial charge on any atom is -0.0984 e. The standard InChI is InChI=1S/C15H22/c1-6-10-12-14(9-4)15(11-7-2)13(5)8-3/h6-7,9-12H,4,8H2,1-3,5H3/b10-6-,11-7-,14-12+,15-13-. The molecule has 0 N–H and O–H groups in total. The van der Waals surface area contributed by atoms with Gasteiger partial charge in [0, 0.05) is 0 Å². The van der Waals surface area contributed by atoms with Crippen LogP contribution < -0.4 is 0 Å². The normalized spacial score (nSPS) is 14.8. The molecule has 82 valence electrons. The van der Waals surface area contributed by atoms with Crippen molar-refractivity contribution in [1.82, 2.24) is 0 Å². The van der Waals surface area contributed by atoms with E-state index >= 15 is 0 Å². The van der Waals surface area contributed by atoms with Gasteiger partial charge in [-0.05, 0) is 38.3 Å². The Kier molecular flexibility index (Phi) is 7.35. The molecule has 0 atom stereocenters. The Bertz CT molecular complexity index is 309. The lowest BCUT2D eigenvalue weighted by Crippen LogP contribution is -1.88. The van der Waals surface area contributed by atoms with Crippen molar-refractivity contribution in [3.05, 3.63) is 59.8 Å². The predicted molar refractivity (Wildman–Crippen MR) is 70.9 cm³/mol. The van der Waals surface area contributed by atoms with Crippen molar-refractivity contribution < 1.29 is 0 Å². The molecule has 0 heteroatoms. The van der Waals surface area contributed by atoms with Crippen molar-refractivity contribution in [3.63, 3.8) is 0 Å². The summed E-state index contributed by atoms with van der Waals surface area (Å²) < 4.78 is 0. The van der Waals surface area contributed by atoms with Crippen LogP contribution in [-0.4, -0.2) is 0 Å². The lowest BCUT2D eigenvalue weighted by Gasteiger charge is -2.07. The van der Waals surface area contributed by atoms with Gasteiger partial charge in [0.2, 0.25) is 0 Å². The van der Waals surface area contributed by atoms with Gasteiger partial charge in [-0.3, -0.25) is 0 Å². The average molecular weight is 202 g/mol. The molecule has 15 heavy (non-hydrogen) atoms. The molecule has 0 saturated carbocycles. The first-order chi connectivity index (χ1) is 7.21. The van der Waals surface area contributed by atoms with E-state index in [4.69, 9.17) is 0 Å². The quantitative estimate of drug-likeness (QED) is 0.552. The Hall–Kier alpha value is -1.30. The van der Waals surface area contributed by atoms with Crippen molar-refractivity contribution in [1.29, 1.82) is 0 Å². The zero-order valence-corrected chi connectivity index (χ0v) is 10.4. The second-order valence-corrected chi connectivity index (χ2v) is 3.40. The highest BCUT2D eigenvalue weighted by molar-refractivity contribution is 5.49. The van der Waals surface area contributed by atoms with Gasteiger partial charge in [-0.25, -0.2) is 0 Å². The Morgan fingerprint density at radius 1 is 1.20 bits per heavy atom. The summed E-state index contributed by atoms with van der Waals surface area (Å²) in [5, 5.41) is 0. The number of hydrogen-bond acceptors (Lipinski definition) is 0. The lowest BCUT2D eigenvalue weighted by molar-refractivity contribution is 1.08. The first kappa shape index (κ1) is 13.7. The van der Waals surface area contributed by atoms with E-state index in [9.17, 15) is 0 Å². The Morgan fingerprint density at radius 2 is 1.87 bits per heavy atom. The van der Waals surface area contributed by atoms with E-state index in [1.54, 1.807) is 0 Å². The Balaban J connectivity index is 5.31. The zero-order valence-electron chi connectivity index (χ0n) is 10.4. The first-order valence-corrected chi connectivity index (χ1v) is 5.49. The van der Waals surface area contributed by atoms with Gasteiger partial charge < -0.3 is 0 Å². The van der Waals surface area contributed by atoms with Crippen molar-refractivity contribution >= 4 is 0 Å². The molecule has 0 bridgehead atoms. The molecule has 0 aliphatic heterocycles. The van der Waals surface area contributed by atoms with Gasteiger partial charge in [0.25, 0.3) is 0 Å². The summed E-state index contributed by atoms with van der Waals surface area (Å²) in [5.74, 6) is 0. The minimum absolute atomic E-state index is 1.07. The third-order valence-corrected chi connectivity index (χ3v) is 2.32. The number of rotatable bonds is 5. The molecule has 0 unspecified atom stereocenters. The van der Waals surface area contributed by atoms with E-state index in [-0.39, 0.29) is 0 Å². The van der Waals surface area contributed by atoms with E-state index in [2.05, 4.69) is 38.7 Å². The van der Waals surface area contributed by atoms with Gasteiger partial charge in [-0.1, -0.05) is 55.5 Å². The summed E-state index contributed by atoms with van der Waals surface area (Å²) in [6.07, 6.45) is 13.4. The summed E-state index contributed by atoms with van der Waals surface area (Å²) in [5.41, 5.74) is 3.86. The maximum atomic E-state index is 3.86. The number of hydrogen-bond donors (Lipinski definition) is 0. The van der Waals surface area contributed by atoms with Crippen LogP contribution in [0, 0.1) is 0 Å². The molecular weight excluding hydrogens is 180 g/mol. The second kappa shape index (κ2) is 8.05. The van der Waals surface area contributed by atoms with Crippen molar-refractivity contribution in [2.75, 3.05) is 0 Å². The Morgan fingerprint density at radius 3 is 2.27 bits per heavy atom. The first-order valence-electron chi connectivity index (χ1n) is 5.49. The molecule has 0 aromatic heterocycles. The molecule has 0 aliphatic rings. The maximum Gasteiger partial charge on any atom is -0.0191 e. The third kappa shape index (κ3) is 4.64. The smallest absolute Gasteiger partial charge is 0.0191 e. The van der Waals surface area contributed by atoms with Crippen LogP contribution in [0.5, 0.6) is 0 Å². The average Bonchev–Trinajstić information content (AvgIpc) is 2.27. The fourth-order valence-corrected chi connectivity index (χ4v) is 1.31. The van der Waals surface area contributed by atoms with E-state index in [1.807, 2.05) is 32.1 Å². The third-order valence-electron chi connectivity index (χ3n) is 2.32. The summed E-state index contributed by atoms with van der Waals surface area (Å²) >= 11 is 0. The maximum absolute atomic E-state index is 3.86. The molecular formula is C15H22.